The van der Waals surface area contributed by atoms with Crippen LogP contribution >= 0.6 is 0 Å². The molecule has 0 radical (unpaired) electrons. The fourth-order valence-corrected chi connectivity index (χ4v) is 2.76. The summed E-state index contributed by atoms with van der Waals surface area (Å²) in [6.45, 7) is 4.98. The number of hydrogen-bond acceptors (Lipinski definition) is 4. The second-order valence-electron chi connectivity index (χ2n) is 5.81. The molecule has 1 aromatic carbocycles. The van der Waals surface area contributed by atoms with Crippen LogP contribution in [0.25, 0.3) is 0 Å². The van der Waals surface area contributed by atoms with Crippen LogP contribution in [0.4, 0.5) is 11.4 Å². The number of nitrogens with zero attached hydrogens (tertiary/aromatic N) is 1. The summed E-state index contributed by atoms with van der Waals surface area (Å²) in [5, 5.41) is 22.5. The van der Waals surface area contributed by atoms with Crippen LogP contribution in [0.15, 0.2) is 18.2 Å². The number of carbonyl (C=O) groups is 2. The van der Waals surface area contributed by atoms with Gasteiger partial charge in [-0.3, -0.25) is 19.7 Å². The summed E-state index contributed by atoms with van der Waals surface area (Å²) in [5.41, 5.74) is -0.00952. The van der Waals surface area contributed by atoms with Gasteiger partial charge >= 0.3 is 5.97 Å². The number of anilines is 1. The minimum atomic E-state index is -1.00. The Labute approximate surface area is 121 Å². The fraction of sp³-hybridized carbons (Fsp3) is 0.429. The van der Waals surface area contributed by atoms with Gasteiger partial charge in [0.05, 0.1) is 28.0 Å². The highest BCUT2D eigenvalue weighted by molar-refractivity contribution is 6.00. The lowest BCUT2D eigenvalue weighted by Gasteiger charge is -2.09. The first kappa shape index (κ1) is 15.0. The minimum absolute atomic E-state index is 0.0855. The van der Waals surface area contributed by atoms with Crippen LogP contribution in [-0.4, -0.2) is 21.9 Å². The van der Waals surface area contributed by atoms with Crippen molar-refractivity contribution in [2.24, 2.45) is 17.3 Å². The van der Waals surface area contributed by atoms with E-state index in [-0.39, 0.29) is 5.69 Å². The zero-order chi connectivity index (χ0) is 15.9. The predicted molar refractivity (Wildman–Crippen MR) is 74.9 cm³/mol. The molecule has 112 valence electrons. The summed E-state index contributed by atoms with van der Waals surface area (Å²) in [7, 11) is 0. The van der Waals surface area contributed by atoms with E-state index >= 15 is 0 Å². The van der Waals surface area contributed by atoms with Crippen molar-refractivity contribution in [1.82, 2.24) is 0 Å². The fourth-order valence-electron chi connectivity index (χ4n) is 2.76. The number of aliphatic carboxylic acids is 1. The number of nitro benzene ring substituents is 1. The smallest absolute Gasteiger partial charge is 0.307 e. The third-order valence-electron chi connectivity index (χ3n) is 4.14. The molecule has 0 heterocycles. The van der Waals surface area contributed by atoms with Crippen molar-refractivity contribution in [2.45, 2.75) is 20.8 Å². The summed E-state index contributed by atoms with van der Waals surface area (Å²) in [6, 6.07) is 4.39. The van der Waals surface area contributed by atoms with Crippen molar-refractivity contribution < 1.29 is 19.6 Å². The number of carbonyl (C=O) groups excluding carboxylic acids is 1. The zero-order valence-corrected chi connectivity index (χ0v) is 11.9. The largest absolute Gasteiger partial charge is 0.481 e. The molecule has 0 saturated heterocycles. The Kier molecular flexibility index (Phi) is 3.44. The Morgan fingerprint density at radius 3 is 2.43 bits per heavy atom. The van der Waals surface area contributed by atoms with Crippen molar-refractivity contribution >= 4 is 23.3 Å². The second kappa shape index (κ2) is 4.83. The molecule has 21 heavy (non-hydrogen) atoms. The minimum Gasteiger partial charge on any atom is -0.481 e. The Morgan fingerprint density at radius 1 is 1.33 bits per heavy atom. The monoisotopic (exact) mass is 292 g/mol. The van der Waals surface area contributed by atoms with Crippen LogP contribution in [0.2, 0.25) is 0 Å². The molecule has 0 aliphatic heterocycles. The molecule has 7 nitrogen and oxygen atoms in total. The van der Waals surface area contributed by atoms with Crippen molar-refractivity contribution in [3.63, 3.8) is 0 Å². The first-order valence-electron chi connectivity index (χ1n) is 6.45. The highest BCUT2D eigenvalue weighted by Crippen LogP contribution is 2.58. The number of carboxylic acid groups (broad SMARTS) is 1. The molecular weight excluding hydrogens is 276 g/mol. The Hall–Kier alpha value is -2.44. The van der Waals surface area contributed by atoms with E-state index in [1.54, 1.807) is 26.8 Å². The third-order valence-corrected chi connectivity index (χ3v) is 4.14. The normalized spacial score (nSPS) is 22.4. The molecular formula is C14H16N2O5. The lowest BCUT2D eigenvalue weighted by molar-refractivity contribution is -0.385. The van der Waals surface area contributed by atoms with Crippen LogP contribution < -0.4 is 5.32 Å². The molecule has 1 saturated carbocycles. The average Bonchev–Trinajstić information content (AvgIpc) is 2.95. The van der Waals surface area contributed by atoms with E-state index in [9.17, 15) is 19.7 Å². The quantitative estimate of drug-likeness (QED) is 0.653. The van der Waals surface area contributed by atoms with Gasteiger partial charge in [0.15, 0.2) is 0 Å². The van der Waals surface area contributed by atoms with Crippen molar-refractivity contribution in [3.05, 3.63) is 33.9 Å². The van der Waals surface area contributed by atoms with Crippen LogP contribution in [0.3, 0.4) is 0 Å². The number of hydrogen-bond donors (Lipinski definition) is 2. The number of amides is 1. The molecule has 2 N–H and O–H groups in total. The van der Waals surface area contributed by atoms with E-state index in [0.717, 1.165) is 0 Å². The van der Waals surface area contributed by atoms with Gasteiger partial charge in [0, 0.05) is 6.07 Å². The van der Waals surface area contributed by atoms with Gasteiger partial charge in [-0.25, -0.2) is 0 Å². The predicted octanol–water partition coefficient (Wildman–Crippen LogP) is 2.20. The highest BCUT2D eigenvalue weighted by atomic mass is 16.6. The molecule has 2 atom stereocenters. The molecule has 0 aromatic heterocycles. The van der Waals surface area contributed by atoms with Gasteiger partial charge in [0.25, 0.3) is 5.69 Å². The Morgan fingerprint density at radius 2 is 1.95 bits per heavy atom. The highest BCUT2D eigenvalue weighted by Gasteiger charge is 2.65. The first-order chi connectivity index (χ1) is 9.67. The number of benzene rings is 1. The Balaban J connectivity index is 2.21. The van der Waals surface area contributed by atoms with Gasteiger partial charge < -0.3 is 10.4 Å². The molecule has 1 aliphatic rings. The third kappa shape index (κ3) is 2.46. The van der Waals surface area contributed by atoms with Crippen molar-refractivity contribution in [2.75, 3.05) is 5.32 Å². The molecule has 1 fully saturated rings. The standard InChI is InChI=1S/C14H16N2O5/c1-7-8(5-4-6-9(7)16(20)21)15-12(17)10-11(13(18)19)14(10,2)3/h4-6,10-11H,1-3H3,(H,15,17)(H,18,19)/t10-,11+/m0/s1. The SMILES string of the molecule is Cc1c(NC(=O)[C@@H]2[C@H](C(=O)O)C2(C)C)cccc1[N+](=O)[O-]. The molecule has 0 spiro atoms. The Bertz CT molecular complexity index is 638. The lowest BCUT2D eigenvalue weighted by Crippen LogP contribution is -2.18. The van der Waals surface area contributed by atoms with E-state index in [1.807, 2.05) is 0 Å². The topological polar surface area (TPSA) is 110 Å². The van der Waals surface area contributed by atoms with Crippen LogP contribution in [0.5, 0.6) is 0 Å². The maximum atomic E-state index is 12.2. The first-order valence-corrected chi connectivity index (χ1v) is 6.45. The summed E-state index contributed by atoms with van der Waals surface area (Å²) in [4.78, 5) is 33.6. The summed E-state index contributed by atoms with van der Waals surface area (Å²) >= 11 is 0. The van der Waals surface area contributed by atoms with E-state index in [0.29, 0.717) is 11.3 Å². The number of nitrogens with one attached hydrogen (secondary N) is 1. The molecule has 1 aliphatic carbocycles. The molecule has 2 rings (SSSR count). The zero-order valence-electron chi connectivity index (χ0n) is 11.9. The number of carboxylic acids is 1. The van der Waals surface area contributed by atoms with Gasteiger partial charge in [0.2, 0.25) is 5.91 Å². The van der Waals surface area contributed by atoms with Crippen molar-refractivity contribution in [1.29, 1.82) is 0 Å². The maximum Gasteiger partial charge on any atom is 0.307 e. The van der Waals surface area contributed by atoms with Gasteiger partial charge in [-0.15, -0.1) is 0 Å². The number of rotatable bonds is 4. The van der Waals surface area contributed by atoms with E-state index < -0.39 is 34.1 Å². The molecule has 1 amide bonds. The van der Waals surface area contributed by atoms with Crippen molar-refractivity contribution in [3.8, 4) is 0 Å². The van der Waals surface area contributed by atoms with Crippen LogP contribution in [-0.2, 0) is 9.59 Å². The van der Waals surface area contributed by atoms with Gasteiger partial charge in [-0.1, -0.05) is 19.9 Å². The second-order valence-corrected chi connectivity index (χ2v) is 5.81. The maximum absolute atomic E-state index is 12.2. The molecule has 7 heteroatoms. The summed E-state index contributed by atoms with van der Waals surface area (Å²) in [5.74, 6) is -2.78. The van der Waals surface area contributed by atoms with E-state index in [2.05, 4.69) is 5.32 Å². The molecule has 1 aromatic rings. The summed E-state index contributed by atoms with van der Waals surface area (Å²) in [6.07, 6.45) is 0. The molecule has 0 bridgehead atoms. The summed E-state index contributed by atoms with van der Waals surface area (Å²) < 4.78 is 0. The number of nitro groups is 1. The van der Waals surface area contributed by atoms with Crippen LogP contribution in [0, 0.1) is 34.3 Å². The van der Waals surface area contributed by atoms with Crippen LogP contribution in [0.1, 0.15) is 19.4 Å². The van der Waals surface area contributed by atoms with E-state index in [4.69, 9.17) is 5.11 Å². The van der Waals surface area contributed by atoms with Gasteiger partial charge in [0.1, 0.15) is 0 Å². The average molecular weight is 292 g/mol. The van der Waals surface area contributed by atoms with Gasteiger partial charge in [-0.05, 0) is 18.4 Å². The van der Waals surface area contributed by atoms with Gasteiger partial charge in [-0.2, -0.15) is 0 Å². The molecule has 0 unspecified atom stereocenters. The van der Waals surface area contributed by atoms with E-state index in [1.165, 1.54) is 12.1 Å². The lowest BCUT2D eigenvalue weighted by atomic mass is 10.1.